The van der Waals surface area contributed by atoms with Gasteiger partial charge in [0.1, 0.15) is 23.7 Å². The van der Waals surface area contributed by atoms with E-state index in [1.807, 2.05) is 31.6 Å². The Balaban J connectivity index is 2.51. The van der Waals surface area contributed by atoms with E-state index >= 15 is 0 Å². The van der Waals surface area contributed by atoms with Gasteiger partial charge in [0.05, 0.1) is 0 Å². The van der Waals surface area contributed by atoms with Crippen LogP contribution in [0.3, 0.4) is 0 Å². The molecule has 90 valence electrons. The fourth-order valence-corrected chi connectivity index (χ4v) is 1.59. The molecule has 2 aromatic heterocycles. The molecule has 0 aromatic carbocycles. The first-order valence-electron chi connectivity index (χ1n) is 5.72. The van der Waals surface area contributed by atoms with Crippen LogP contribution in [0.1, 0.15) is 19.7 Å². The number of aryl methyl sites for hydroxylation is 2. The van der Waals surface area contributed by atoms with Crippen LogP contribution in [0.4, 0.5) is 5.82 Å². The normalized spacial score (nSPS) is 10.5. The largest absolute Gasteiger partial charge is 0.373 e. The lowest BCUT2D eigenvalue weighted by molar-refractivity contribution is 0.663. The second kappa shape index (κ2) is 4.90. The van der Waals surface area contributed by atoms with Gasteiger partial charge in [0, 0.05) is 26.1 Å². The highest BCUT2D eigenvalue weighted by Gasteiger charge is 2.10. The van der Waals surface area contributed by atoms with Crippen molar-refractivity contribution in [2.24, 2.45) is 0 Å². The van der Waals surface area contributed by atoms with Crippen molar-refractivity contribution in [1.29, 1.82) is 0 Å². The monoisotopic (exact) mass is 232 g/mol. The maximum absolute atomic E-state index is 4.48. The molecule has 2 aromatic rings. The number of aromatic nitrogens is 5. The van der Waals surface area contributed by atoms with Gasteiger partial charge in [0.25, 0.3) is 0 Å². The molecule has 0 amide bonds. The molecule has 0 aliphatic carbocycles. The highest BCUT2D eigenvalue weighted by Crippen LogP contribution is 2.17. The first-order valence-corrected chi connectivity index (χ1v) is 5.72. The number of hydrogen-bond acceptors (Lipinski definition) is 5. The second-order valence-electron chi connectivity index (χ2n) is 3.56. The van der Waals surface area contributed by atoms with E-state index in [-0.39, 0.29) is 0 Å². The molecular formula is C11H16N6. The molecule has 0 fully saturated rings. The van der Waals surface area contributed by atoms with Gasteiger partial charge in [-0.05, 0) is 6.92 Å². The molecule has 0 unspecified atom stereocenters. The zero-order valence-corrected chi connectivity index (χ0v) is 10.3. The molecule has 0 radical (unpaired) electrons. The molecule has 0 aliphatic heterocycles. The van der Waals surface area contributed by atoms with Crippen molar-refractivity contribution in [3.63, 3.8) is 0 Å². The molecule has 6 nitrogen and oxygen atoms in total. The fourth-order valence-electron chi connectivity index (χ4n) is 1.59. The van der Waals surface area contributed by atoms with Gasteiger partial charge < -0.3 is 5.32 Å². The van der Waals surface area contributed by atoms with Crippen LogP contribution >= 0.6 is 0 Å². The first kappa shape index (κ1) is 11.5. The Morgan fingerprint density at radius 2 is 2.12 bits per heavy atom. The number of nitrogens with one attached hydrogen (secondary N) is 1. The molecule has 2 rings (SSSR count). The average molecular weight is 232 g/mol. The Bertz CT molecular complexity index is 482. The molecule has 0 saturated heterocycles. The van der Waals surface area contributed by atoms with Gasteiger partial charge in [-0.25, -0.2) is 19.6 Å². The molecule has 0 spiro atoms. The van der Waals surface area contributed by atoms with Crippen molar-refractivity contribution in [3.05, 3.63) is 18.2 Å². The van der Waals surface area contributed by atoms with Gasteiger partial charge in [0.2, 0.25) is 0 Å². The zero-order chi connectivity index (χ0) is 12.3. The van der Waals surface area contributed by atoms with Crippen molar-refractivity contribution in [1.82, 2.24) is 24.7 Å². The van der Waals surface area contributed by atoms with Crippen LogP contribution < -0.4 is 5.32 Å². The molecule has 0 saturated carbocycles. The van der Waals surface area contributed by atoms with Crippen molar-refractivity contribution >= 4 is 5.82 Å². The van der Waals surface area contributed by atoms with Crippen LogP contribution in [0, 0.1) is 0 Å². The molecule has 1 N–H and O–H groups in total. The van der Waals surface area contributed by atoms with E-state index < -0.39 is 0 Å². The van der Waals surface area contributed by atoms with Gasteiger partial charge >= 0.3 is 0 Å². The third-order valence-corrected chi connectivity index (χ3v) is 2.49. The number of anilines is 1. The minimum absolute atomic E-state index is 0.773. The predicted octanol–water partition coefficient (Wildman–Crippen LogP) is 1.36. The predicted molar refractivity (Wildman–Crippen MR) is 65.6 cm³/mol. The van der Waals surface area contributed by atoms with Crippen LogP contribution in [0.2, 0.25) is 0 Å². The average Bonchev–Trinajstić information content (AvgIpc) is 2.86. The van der Waals surface area contributed by atoms with Crippen LogP contribution in [-0.2, 0) is 13.0 Å². The Labute approximate surface area is 100 Å². The van der Waals surface area contributed by atoms with Gasteiger partial charge in [0.15, 0.2) is 5.82 Å². The van der Waals surface area contributed by atoms with Crippen molar-refractivity contribution in [2.45, 2.75) is 26.8 Å². The summed E-state index contributed by atoms with van der Waals surface area (Å²) in [6.07, 6.45) is 2.34. The van der Waals surface area contributed by atoms with Crippen LogP contribution in [0.25, 0.3) is 11.5 Å². The van der Waals surface area contributed by atoms with E-state index in [2.05, 4.69) is 25.4 Å². The van der Waals surface area contributed by atoms with E-state index in [0.717, 1.165) is 36.1 Å². The number of nitrogens with zero attached hydrogens (tertiary/aromatic N) is 5. The Morgan fingerprint density at radius 1 is 1.29 bits per heavy atom. The third kappa shape index (κ3) is 2.25. The van der Waals surface area contributed by atoms with Gasteiger partial charge in [-0.1, -0.05) is 6.92 Å². The zero-order valence-electron chi connectivity index (χ0n) is 10.3. The van der Waals surface area contributed by atoms with Gasteiger partial charge in [-0.15, -0.1) is 0 Å². The maximum atomic E-state index is 4.48. The molecular weight excluding hydrogens is 216 g/mol. The topological polar surface area (TPSA) is 68.5 Å². The maximum Gasteiger partial charge on any atom is 0.176 e. The lowest BCUT2D eigenvalue weighted by Gasteiger charge is -2.06. The van der Waals surface area contributed by atoms with E-state index in [4.69, 9.17) is 0 Å². The minimum Gasteiger partial charge on any atom is -0.373 e. The SMILES string of the molecule is CCc1nc(NC)cc(-c2ncnn2CC)n1. The lowest BCUT2D eigenvalue weighted by atomic mass is 10.3. The summed E-state index contributed by atoms with van der Waals surface area (Å²) in [5, 5.41) is 7.18. The number of rotatable bonds is 4. The first-order chi connectivity index (χ1) is 8.28. The fraction of sp³-hybridized carbons (Fsp3) is 0.455. The summed E-state index contributed by atoms with van der Waals surface area (Å²) in [6, 6.07) is 1.88. The third-order valence-electron chi connectivity index (χ3n) is 2.49. The lowest BCUT2D eigenvalue weighted by Crippen LogP contribution is -2.05. The summed E-state index contributed by atoms with van der Waals surface area (Å²) in [5.74, 6) is 2.39. The molecule has 17 heavy (non-hydrogen) atoms. The summed E-state index contributed by atoms with van der Waals surface area (Å²) in [5.41, 5.74) is 0.806. The standard InChI is InChI=1S/C11H16N6/c1-4-9-15-8(6-10(12-3)16-9)11-13-7-14-17(11)5-2/h6-7H,4-5H2,1-3H3,(H,12,15,16). The Kier molecular flexibility index (Phi) is 3.32. The van der Waals surface area contributed by atoms with E-state index in [0.29, 0.717) is 0 Å². The van der Waals surface area contributed by atoms with Crippen LogP contribution in [-0.4, -0.2) is 31.8 Å². The minimum atomic E-state index is 0.773. The Morgan fingerprint density at radius 3 is 2.76 bits per heavy atom. The summed E-state index contributed by atoms with van der Waals surface area (Å²) in [6.45, 7) is 4.83. The van der Waals surface area contributed by atoms with E-state index in [9.17, 15) is 0 Å². The summed E-state index contributed by atoms with van der Waals surface area (Å²) in [4.78, 5) is 13.1. The number of hydrogen-bond donors (Lipinski definition) is 1. The molecule has 0 bridgehead atoms. The van der Waals surface area contributed by atoms with Crippen molar-refractivity contribution in [3.8, 4) is 11.5 Å². The van der Waals surface area contributed by atoms with Crippen molar-refractivity contribution < 1.29 is 0 Å². The second-order valence-corrected chi connectivity index (χ2v) is 3.56. The van der Waals surface area contributed by atoms with Gasteiger partial charge in [-0.3, -0.25) is 0 Å². The molecule has 6 heteroatoms. The molecule has 0 atom stereocenters. The summed E-state index contributed by atoms with van der Waals surface area (Å²) in [7, 11) is 1.84. The van der Waals surface area contributed by atoms with Crippen LogP contribution in [0.5, 0.6) is 0 Å². The highest BCUT2D eigenvalue weighted by atomic mass is 15.3. The molecule has 0 aliphatic rings. The van der Waals surface area contributed by atoms with Crippen molar-refractivity contribution in [2.75, 3.05) is 12.4 Å². The Hall–Kier alpha value is -1.98. The highest BCUT2D eigenvalue weighted by molar-refractivity contribution is 5.55. The van der Waals surface area contributed by atoms with Crippen LogP contribution in [0.15, 0.2) is 12.4 Å². The van der Waals surface area contributed by atoms with Gasteiger partial charge in [-0.2, -0.15) is 5.10 Å². The smallest absolute Gasteiger partial charge is 0.176 e. The summed E-state index contributed by atoms with van der Waals surface area (Å²) >= 11 is 0. The van der Waals surface area contributed by atoms with E-state index in [1.54, 1.807) is 6.33 Å². The summed E-state index contributed by atoms with van der Waals surface area (Å²) < 4.78 is 1.82. The molecule has 2 heterocycles. The quantitative estimate of drug-likeness (QED) is 0.862. The van der Waals surface area contributed by atoms with E-state index in [1.165, 1.54) is 0 Å².